The lowest BCUT2D eigenvalue weighted by Gasteiger charge is -1.85. The van der Waals surface area contributed by atoms with Crippen molar-refractivity contribution in [2.75, 3.05) is 6.54 Å². The van der Waals surface area contributed by atoms with Crippen molar-refractivity contribution in [1.29, 1.82) is 0 Å². The molecule has 0 heterocycles. The van der Waals surface area contributed by atoms with Gasteiger partial charge in [-0.3, -0.25) is 0 Å². The summed E-state index contributed by atoms with van der Waals surface area (Å²) < 4.78 is 3.95. The van der Waals surface area contributed by atoms with Gasteiger partial charge in [-0.15, -0.1) is 0 Å². The van der Waals surface area contributed by atoms with Gasteiger partial charge in [-0.05, 0) is 0 Å². The lowest BCUT2D eigenvalue weighted by atomic mass is 10.7. The van der Waals surface area contributed by atoms with E-state index in [1.807, 2.05) is 0 Å². The standard InChI is InChI=1S/C4H5NO2/c1-2-7-4(6)3-5/h1H,3,5H2. The Labute approximate surface area is 41.4 Å². The van der Waals surface area contributed by atoms with E-state index in [1.54, 1.807) is 6.11 Å². The second-order valence-electron chi connectivity index (χ2n) is 0.796. The Morgan fingerprint density at radius 1 is 2.00 bits per heavy atom. The molecule has 0 aromatic rings. The van der Waals surface area contributed by atoms with Crippen LogP contribution < -0.4 is 5.73 Å². The molecule has 0 aliphatic rings. The highest BCUT2D eigenvalue weighted by Gasteiger charge is 1.91. The summed E-state index contributed by atoms with van der Waals surface area (Å²) in [5.41, 5.74) is 4.79. The molecule has 7 heavy (non-hydrogen) atoms. The van der Waals surface area contributed by atoms with Gasteiger partial charge in [0.2, 0.25) is 0 Å². The Morgan fingerprint density at radius 3 is 2.71 bits per heavy atom. The Morgan fingerprint density at radius 2 is 2.57 bits per heavy atom. The van der Waals surface area contributed by atoms with E-state index < -0.39 is 5.97 Å². The quantitative estimate of drug-likeness (QED) is 0.341. The van der Waals surface area contributed by atoms with Gasteiger partial charge in [0.15, 0.2) is 0 Å². The number of hydrogen-bond acceptors (Lipinski definition) is 3. The number of hydrogen-bond donors (Lipinski definition) is 1. The van der Waals surface area contributed by atoms with Crippen molar-refractivity contribution in [3.63, 3.8) is 0 Å². The van der Waals surface area contributed by atoms with Crippen LogP contribution in [0.5, 0.6) is 0 Å². The molecule has 0 radical (unpaired) electrons. The van der Waals surface area contributed by atoms with Crippen LogP contribution in [0.3, 0.4) is 0 Å². The molecule has 38 valence electrons. The SMILES string of the molecule is C#COC(=O)CN. The highest BCUT2D eigenvalue weighted by Crippen LogP contribution is 1.65. The summed E-state index contributed by atoms with van der Waals surface area (Å²) in [5, 5.41) is 0. The maximum Gasteiger partial charge on any atom is 0.333 e. The van der Waals surface area contributed by atoms with E-state index in [0.29, 0.717) is 0 Å². The molecule has 3 heteroatoms. The van der Waals surface area contributed by atoms with Crippen molar-refractivity contribution in [1.82, 2.24) is 0 Å². The summed E-state index contributed by atoms with van der Waals surface area (Å²) in [4.78, 5) is 9.92. The molecule has 0 unspecified atom stereocenters. The van der Waals surface area contributed by atoms with Crippen molar-refractivity contribution in [3.05, 3.63) is 0 Å². The first kappa shape index (κ1) is 5.99. The first-order valence-corrected chi connectivity index (χ1v) is 1.66. The molecule has 0 amide bonds. The van der Waals surface area contributed by atoms with Gasteiger partial charge in [-0.1, -0.05) is 6.42 Å². The van der Waals surface area contributed by atoms with Crippen LogP contribution in [0.15, 0.2) is 0 Å². The van der Waals surface area contributed by atoms with Gasteiger partial charge in [0, 0.05) is 0 Å². The zero-order valence-electron chi connectivity index (χ0n) is 3.68. The number of carbonyl (C=O) groups excluding carboxylic acids is 1. The average molecular weight is 99.1 g/mol. The minimum Gasteiger partial charge on any atom is -0.371 e. The van der Waals surface area contributed by atoms with Gasteiger partial charge < -0.3 is 10.5 Å². The van der Waals surface area contributed by atoms with Crippen molar-refractivity contribution < 1.29 is 9.53 Å². The third-order valence-electron chi connectivity index (χ3n) is 0.339. The molecule has 0 saturated heterocycles. The average Bonchev–Trinajstić information content (AvgIpc) is 1.68. The van der Waals surface area contributed by atoms with Crippen LogP contribution in [0.2, 0.25) is 0 Å². The second-order valence-corrected chi connectivity index (χ2v) is 0.796. The lowest BCUT2D eigenvalue weighted by molar-refractivity contribution is -0.135. The number of rotatable bonds is 1. The predicted octanol–water partition coefficient (Wildman–Crippen LogP) is -0.921. The first-order chi connectivity index (χ1) is 3.31. The lowest BCUT2D eigenvalue weighted by Crippen LogP contribution is -2.13. The van der Waals surface area contributed by atoms with Crippen molar-refractivity contribution >= 4 is 5.97 Å². The van der Waals surface area contributed by atoms with E-state index in [4.69, 9.17) is 5.73 Å². The van der Waals surface area contributed by atoms with E-state index in [9.17, 15) is 4.79 Å². The van der Waals surface area contributed by atoms with Gasteiger partial charge in [-0.2, -0.15) is 0 Å². The van der Waals surface area contributed by atoms with Crippen LogP contribution in [0.25, 0.3) is 0 Å². The Kier molecular flexibility index (Phi) is 2.73. The fraction of sp³-hybridized carbons (Fsp3) is 0.250. The molecule has 0 aromatic heterocycles. The van der Waals surface area contributed by atoms with Crippen LogP contribution in [0.1, 0.15) is 0 Å². The van der Waals surface area contributed by atoms with Gasteiger partial charge in [-0.25, -0.2) is 4.79 Å². The van der Waals surface area contributed by atoms with Gasteiger partial charge in [0.25, 0.3) is 0 Å². The number of carbonyl (C=O) groups is 1. The monoisotopic (exact) mass is 99.0 g/mol. The predicted molar refractivity (Wildman–Crippen MR) is 24.0 cm³/mol. The molecule has 0 saturated carbocycles. The van der Waals surface area contributed by atoms with Crippen molar-refractivity contribution in [3.8, 4) is 12.5 Å². The maximum atomic E-state index is 9.92. The number of terminal acetylenes is 1. The van der Waals surface area contributed by atoms with E-state index in [1.165, 1.54) is 0 Å². The van der Waals surface area contributed by atoms with E-state index in [0.717, 1.165) is 0 Å². The van der Waals surface area contributed by atoms with E-state index in [-0.39, 0.29) is 6.54 Å². The summed E-state index contributed by atoms with van der Waals surface area (Å²) in [5.74, 6) is -0.581. The summed E-state index contributed by atoms with van der Waals surface area (Å²) in [7, 11) is 0. The summed E-state index contributed by atoms with van der Waals surface area (Å²) in [6, 6.07) is 0. The van der Waals surface area contributed by atoms with Crippen LogP contribution in [-0.2, 0) is 9.53 Å². The zero-order valence-corrected chi connectivity index (χ0v) is 3.68. The normalized spacial score (nSPS) is 6.86. The van der Waals surface area contributed by atoms with Crippen LogP contribution in [0.4, 0.5) is 0 Å². The molecule has 0 atom stereocenters. The van der Waals surface area contributed by atoms with E-state index in [2.05, 4.69) is 11.2 Å². The first-order valence-electron chi connectivity index (χ1n) is 1.66. The third-order valence-corrected chi connectivity index (χ3v) is 0.339. The molecule has 0 fully saturated rings. The molecule has 3 nitrogen and oxygen atoms in total. The minimum atomic E-state index is -0.581. The van der Waals surface area contributed by atoms with Crippen molar-refractivity contribution in [2.24, 2.45) is 5.73 Å². The highest BCUT2D eigenvalue weighted by molar-refractivity contribution is 5.72. The minimum absolute atomic E-state index is 0.163. The number of ether oxygens (including phenoxy) is 1. The Bertz CT molecular complexity index is 103. The third kappa shape index (κ3) is 2.80. The largest absolute Gasteiger partial charge is 0.371 e. The fourth-order valence-electron chi connectivity index (χ4n) is 0.107. The van der Waals surface area contributed by atoms with Crippen molar-refractivity contribution in [2.45, 2.75) is 0 Å². The second kappa shape index (κ2) is 3.19. The summed E-state index contributed by atoms with van der Waals surface area (Å²) >= 11 is 0. The Balaban J connectivity index is 3.23. The van der Waals surface area contributed by atoms with Crippen LogP contribution >= 0.6 is 0 Å². The molecular weight excluding hydrogens is 94.0 g/mol. The molecule has 0 rings (SSSR count). The molecule has 0 spiro atoms. The van der Waals surface area contributed by atoms with Crippen LogP contribution in [0, 0.1) is 12.5 Å². The highest BCUT2D eigenvalue weighted by atomic mass is 16.5. The van der Waals surface area contributed by atoms with E-state index >= 15 is 0 Å². The van der Waals surface area contributed by atoms with Crippen LogP contribution in [-0.4, -0.2) is 12.5 Å². The fourth-order valence-corrected chi connectivity index (χ4v) is 0.107. The number of nitrogens with two attached hydrogens (primary N) is 1. The molecule has 0 aliphatic heterocycles. The van der Waals surface area contributed by atoms with Gasteiger partial charge in [0.1, 0.15) is 6.11 Å². The van der Waals surface area contributed by atoms with Gasteiger partial charge >= 0.3 is 5.97 Å². The maximum absolute atomic E-state index is 9.92. The molecule has 0 aromatic carbocycles. The smallest absolute Gasteiger partial charge is 0.333 e. The Hall–Kier alpha value is -1.01. The number of esters is 1. The molecular formula is C4H5NO2. The summed E-state index contributed by atoms with van der Waals surface area (Å²) in [6.07, 6.45) is 6.25. The summed E-state index contributed by atoms with van der Waals surface area (Å²) in [6.45, 7) is -0.163. The molecule has 2 N–H and O–H groups in total. The zero-order chi connectivity index (χ0) is 5.70. The molecule has 0 bridgehead atoms. The molecule has 0 aliphatic carbocycles. The van der Waals surface area contributed by atoms with Gasteiger partial charge in [0.05, 0.1) is 6.54 Å². The topological polar surface area (TPSA) is 52.3 Å².